The van der Waals surface area contributed by atoms with Gasteiger partial charge in [0.1, 0.15) is 10.1 Å². The van der Waals surface area contributed by atoms with Crippen molar-refractivity contribution in [2.24, 2.45) is 7.05 Å². The van der Waals surface area contributed by atoms with Crippen LogP contribution in [0, 0.1) is 0 Å². The van der Waals surface area contributed by atoms with E-state index in [0.717, 1.165) is 29.5 Å². The Hall–Kier alpha value is -1.34. The zero-order valence-corrected chi connectivity index (χ0v) is 13.2. The molecule has 2 aromatic rings. The summed E-state index contributed by atoms with van der Waals surface area (Å²) in [7, 11) is 1.73. The van der Waals surface area contributed by atoms with E-state index in [1.54, 1.807) is 23.0 Å². The molecule has 5 nitrogen and oxygen atoms in total. The van der Waals surface area contributed by atoms with Gasteiger partial charge in [-0.2, -0.15) is 0 Å². The van der Waals surface area contributed by atoms with Crippen molar-refractivity contribution in [2.45, 2.75) is 36.1 Å². The molecule has 1 aliphatic carbocycles. The van der Waals surface area contributed by atoms with E-state index >= 15 is 0 Å². The van der Waals surface area contributed by atoms with Crippen LogP contribution in [0.2, 0.25) is 0 Å². The van der Waals surface area contributed by atoms with E-state index in [9.17, 15) is 9.59 Å². The Labute approximate surface area is 129 Å². The van der Waals surface area contributed by atoms with E-state index in [2.05, 4.69) is 4.98 Å². The van der Waals surface area contributed by atoms with Gasteiger partial charge in [0.15, 0.2) is 5.16 Å². The first kappa shape index (κ1) is 13.3. The summed E-state index contributed by atoms with van der Waals surface area (Å²) in [4.78, 5) is 31.0. The first-order valence-corrected chi connectivity index (χ1v) is 8.69. The van der Waals surface area contributed by atoms with E-state index < -0.39 is 0 Å². The minimum absolute atomic E-state index is 0.00765. The Bertz CT molecular complexity index is 809. The molecule has 0 amide bonds. The third-order valence-corrected chi connectivity index (χ3v) is 6.51. The normalized spacial score (nSPS) is 21.0. The van der Waals surface area contributed by atoms with Gasteiger partial charge in [0.25, 0.3) is 5.56 Å². The number of aryl methyl sites for hydroxylation is 2. The monoisotopic (exact) mass is 322 g/mol. The van der Waals surface area contributed by atoms with E-state index in [-0.39, 0.29) is 16.8 Å². The average molecular weight is 322 g/mol. The first-order valence-electron chi connectivity index (χ1n) is 6.99. The number of fused-ring (bicyclic) bond motifs is 3. The molecule has 3 heterocycles. The van der Waals surface area contributed by atoms with Crippen LogP contribution in [0.3, 0.4) is 0 Å². The minimum Gasteiger partial charge on any atom is -0.465 e. The third kappa shape index (κ3) is 2.02. The standard InChI is InChI=1S/C14H14N2O3S2/c1-16-12(17)10-7-3-2-4-8(7)20-11(10)15-14(16)21-9-5-6-19-13(9)18/h9H,2-6H2,1H3/t9-/m0/s1. The van der Waals surface area contributed by atoms with Crippen LogP contribution in [-0.4, -0.2) is 27.4 Å². The van der Waals surface area contributed by atoms with Crippen LogP contribution in [0.5, 0.6) is 0 Å². The van der Waals surface area contributed by atoms with Crippen LogP contribution in [-0.2, 0) is 29.4 Å². The van der Waals surface area contributed by atoms with Crippen molar-refractivity contribution in [3.63, 3.8) is 0 Å². The molecule has 2 aliphatic rings. The number of hydrogen-bond acceptors (Lipinski definition) is 6. The maximum Gasteiger partial charge on any atom is 0.319 e. The van der Waals surface area contributed by atoms with E-state index in [1.165, 1.54) is 22.2 Å². The summed E-state index contributed by atoms with van der Waals surface area (Å²) in [5.74, 6) is -0.206. The predicted molar refractivity (Wildman–Crippen MR) is 82.1 cm³/mol. The molecule has 21 heavy (non-hydrogen) atoms. The molecule has 110 valence electrons. The molecule has 0 unspecified atom stereocenters. The first-order chi connectivity index (χ1) is 10.1. The molecule has 2 aromatic heterocycles. The second kappa shape index (κ2) is 4.84. The third-order valence-electron chi connectivity index (χ3n) is 4.04. The van der Waals surface area contributed by atoms with E-state index in [4.69, 9.17) is 4.74 Å². The fourth-order valence-corrected chi connectivity index (χ4v) is 5.25. The van der Waals surface area contributed by atoms with Gasteiger partial charge in [-0.3, -0.25) is 14.2 Å². The lowest BCUT2D eigenvalue weighted by atomic mass is 10.2. The van der Waals surface area contributed by atoms with Crippen LogP contribution in [0.15, 0.2) is 9.95 Å². The summed E-state index contributed by atoms with van der Waals surface area (Å²) in [6.45, 7) is 0.458. The summed E-state index contributed by atoms with van der Waals surface area (Å²) in [5, 5.41) is 1.15. The highest BCUT2D eigenvalue weighted by atomic mass is 32.2. The topological polar surface area (TPSA) is 61.2 Å². The van der Waals surface area contributed by atoms with Gasteiger partial charge >= 0.3 is 5.97 Å². The highest BCUT2D eigenvalue weighted by Gasteiger charge is 2.30. The fourth-order valence-electron chi connectivity index (χ4n) is 2.92. The van der Waals surface area contributed by atoms with Gasteiger partial charge in [-0.05, 0) is 24.8 Å². The Balaban J connectivity index is 1.82. The van der Waals surface area contributed by atoms with Crippen LogP contribution in [0.4, 0.5) is 0 Å². The molecule has 1 saturated heterocycles. The summed E-state index contributed by atoms with van der Waals surface area (Å²) in [6.07, 6.45) is 3.84. The summed E-state index contributed by atoms with van der Waals surface area (Å²) in [5.41, 5.74) is 1.20. The molecule has 1 fully saturated rings. The van der Waals surface area contributed by atoms with Crippen molar-refractivity contribution in [1.82, 2.24) is 9.55 Å². The number of carbonyl (C=O) groups is 1. The van der Waals surface area contributed by atoms with E-state index in [0.29, 0.717) is 18.2 Å². The van der Waals surface area contributed by atoms with Crippen LogP contribution >= 0.6 is 23.1 Å². The number of thioether (sulfide) groups is 1. The van der Waals surface area contributed by atoms with Crippen molar-refractivity contribution in [3.8, 4) is 0 Å². The lowest BCUT2D eigenvalue weighted by Gasteiger charge is -2.09. The highest BCUT2D eigenvalue weighted by molar-refractivity contribution is 8.00. The van der Waals surface area contributed by atoms with Gasteiger partial charge in [0, 0.05) is 18.3 Å². The van der Waals surface area contributed by atoms with Gasteiger partial charge in [-0.25, -0.2) is 4.98 Å². The molecule has 0 N–H and O–H groups in total. The lowest BCUT2D eigenvalue weighted by Crippen LogP contribution is -2.22. The molecule has 0 bridgehead atoms. The van der Waals surface area contributed by atoms with E-state index in [1.807, 2.05) is 0 Å². The Morgan fingerprint density at radius 2 is 2.24 bits per heavy atom. The number of cyclic esters (lactones) is 1. The maximum atomic E-state index is 12.6. The van der Waals surface area contributed by atoms with Crippen molar-refractivity contribution < 1.29 is 9.53 Å². The van der Waals surface area contributed by atoms with Gasteiger partial charge in [-0.1, -0.05) is 11.8 Å². The van der Waals surface area contributed by atoms with Crippen LogP contribution in [0.25, 0.3) is 10.2 Å². The number of carbonyl (C=O) groups excluding carboxylic acids is 1. The molecule has 0 radical (unpaired) electrons. The molecule has 0 saturated carbocycles. The zero-order valence-electron chi connectivity index (χ0n) is 11.5. The highest BCUT2D eigenvalue weighted by Crippen LogP contribution is 2.36. The summed E-state index contributed by atoms with van der Waals surface area (Å²) in [6, 6.07) is 0. The quantitative estimate of drug-likeness (QED) is 0.624. The van der Waals surface area contributed by atoms with Crippen molar-refractivity contribution in [2.75, 3.05) is 6.61 Å². The molecular formula is C14H14N2O3S2. The van der Waals surface area contributed by atoms with Crippen molar-refractivity contribution >= 4 is 39.3 Å². The zero-order chi connectivity index (χ0) is 14.6. The number of ether oxygens (including phenoxy) is 1. The maximum absolute atomic E-state index is 12.6. The number of rotatable bonds is 2. The van der Waals surface area contributed by atoms with Gasteiger partial charge in [-0.15, -0.1) is 11.3 Å². The Morgan fingerprint density at radius 3 is 3.00 bits per heavy atom. The smallest absolute Gasteiger partial charge is 0.319 e. The van der Waals surface area contributed by atoms with Crippen LogP contribution in [0.1, 0.15) is 23.3 Å². The second-order valence-corrected chi connectivity index (χ2v) is 7.61. The molecule has 7 heteroatoms. The second-order valence-electron chi connectivity index (χ2n) is 5.36. The van der Waals surface area contributed by atoms with Crippen LogP contribution < -0.4 is 5.56 Å². The largest absolute Gasteiger partial charge is 0.465 e. The Kier molecular flexibility index (Phi) is 3.08. The Morgan fingerprint density at radius 1 is 1.38 bits per heavy atom. The average Bonchev–Trinajstić information content (AvgIpc) is 3.12. The molecule has 1 aliphatic heterocycles. The SMILES string of the molecule is Cn1c(S[C@H]2CCOC2=O)nc2sc3c(c2c1=O)CCC3. The molecule has 1 atom stereocenters. The summed E-state index contributed by atoms with van der Waals surface area (Å²) < 4.78 is 6.55. The predicted octanol–water partition coefficient (Wildman–Crippen LogP) is 1.89. The van der Waals surface area contributed by atoms with Crippen molar-refractivity contribution in [1.29, 1.82) is 0 Å². The fraction of sp³-hybridized carbons (Fsp3) is 0.500. The lowest BCUT2D eigenvalue weighted by molar-refractivity contribution is -0.137. The van der Waals surface area contributed by atoms with Gasteiger partial charge in [0.05, 0.1) is 12.0 Å². The number of hydrogen-bond donors (Lipinski definition) is 0. The minimum atomic E-state index is -0.243. The summed E-state index contributed by atoms with van der Waals surface area (Å²) >= 11 is 2.97. The number of aromatic nitrogens is 2. The van der Waals surface area contributed by atoms with Gasteiger partial charge < -0.3 is 4.74 Å². The number of nitrogens with zero attached hydrogens (tertiary/aromatic N) is 2. The number of thiophene rings is 1. The molecular weight excluding hydrogens is 308 g/mol. The van der Waals surface area contributed by atoms with Gasteiger partial charge in [0.2, 0.25) is 0 Å². The number of esters is 1. The van der Waals surface area contributed by atoms with Crippen molar-refractivity contribution in [3.05, 3.63) is 20.8 Å². The molecule has 0 spiro atoms. The molecule has 4 rings (SSSR count). The molecule has 0 aromatic carbocycles.